The van der Waals surface area contributed by atoms with Crippen LogP contribution in [0, 0.1) is 22.7 Å². The van der Waals surface area contributed by atoms with Crippen LogP contribution in [-0.4, -0.2) is 23.9 Å². The number of hydrogen-bond acceptors (Lipinski definition) is 3. The number of ether oxygens (including phenoxy) is 1. The van der Waals surface area contributed by atoms with Crippen molar-refractivity contribution >= 4 is 0 Å². The molecule has 1 aliphatic carbocycles. The van der Waals surface area contributed by atoms with Gasteiger partial charge >= 0.3 is 0 Å². The highest BCUT2D eigenvalue weighted by atomic mass is 16.5. The molecular weight excluding hydrogens is 202 g/mol. The summed E-state index contributed by atoms with van der Waals surface area (Å²) in [6.07, 6.45) is 5.51. The standard InChI is InChI=1S/C13H21NO2/c1-2-11-3-5-13(15,6-4-11)12(9-14)7-8-16-10-12/h11,15H,2-8,10H2,1H3. The molecule has 2 aliphatic rings. The van der Waals surface area contributed by atoms with Crippen molar-refractivity contribution in [3.8, 4) is 6.07 Å². The van der Waals surface area contributed by atoms with Gasteiger partial charge in [-0.05, 0) is 38.0 Å². The Morgan fingerprint density at radius 3 is 2.50 bits per heavy atom. The lowest BCUT2D eigenvalue weighted by Gasteiger charge is -2.44. The number of aliphatic hydroxyl groups is 1. The third kappa shape index (κ3) is 1.74. The second-order valence-electron chi connectivity index (χ2n) is 5.38. The zero-order valence-corrected chi connectivity index (χ0v) is 10.0. The Balaban J connectivity index is 2.11. The Bertz CT molecular complexity index is 281. The molecule has 1 aliphatic heterocycles. The maximum absolute atomic E-state index is 10.7. The molecule has 0 radical (unpaired) electrons. The molecule has 1 atom stereocenters. The minimum atomic E-state index is -0.802. The number of hydrogen-bond donors (Lipinski definition) is 1. The van der Waals surface area contributed by atoms with Gasteiger partial charge in [0.1, 0.15) is 5.41 Å². The Hall–Kier alpha value is -0.590. The van der Waals surface area contributed by atoms with Crippen molar-refractivity contribution in [3.63, 3.8) is 0 Å². The van der Waals surface area contributed by atoms with E-state index in [1.165, 1.54) is 6.42 Å². The van der Waals surface area contributed by atoms with Crippen LogP contribution in [0.5, 0.6) is 0 Å². The maximum atomic E-state index is 10.7. The van der Waals surface area contributed by atoms with Gasteiger partial charge in [0.05, 0.1) is 18.3 Å². The normalized spacial score (nSPS) is 44.2. The molecule has 1 saturated carbocycles. The smallest absolute Gasteiger partial charge is 0.111 e. The van der Waals surface area contributed by atoms with E-state index in [4.69, 9.17) is 4.74 Å². The van der Waals surface area contributed by atoms with Gasteiger partial charge in [0.25, 0.3) is 0 Å². The van der Waals surface area contributed by atoms with Crippen LogP contribution in [0.1, 0.15) is 45.4 Å². The van der Waals surface area contributed by atoms with E-state index >= 15 is 0 Å². The molecule has 0 aromatic rings. The summed E-state index contributed by atoms with van der Waals surface area (Å²) < 4.78 is 5.34. The van der Waals surface area contributed by atoms with Crippen LogP contribution in [0.15, 0.2) is 0 Å². The van der Waals surface area contributed by atoms with Crippen LogP contribution in [-0.2, 0) is 4.74 Å². The summed E-state index contributed by atoms with van der Waals surface area (Å²) in [5.74, 6) is 0.735. The lowest BCUT2D eigenvalue weighted by molar-refractivity contribution is -0.0922. The SMILES string of the molecule is CCC1CCC(O)(C2(C#N)CCOC2)CC1. The quantitative estimate of drug-likeness (QED) is 0.781. The van der Waals surface area contributed by atoms with Crippen molar-refractivity contribution in [2.24, 2.45) is 11.3 Å². The highest BCUT2D eigenvalue weighted by Gasteiger charge is 2.54. The molecule has 0 aromatic carbocycles. The second kappa shape index (κ2) is 4.35. The van der Waals surface area contributed by atoms with Gasteiger partial charge in [-0.25, -0.2) is 0 Å². The van der Waals surface area contributed by atoms with E-state index in [2.05, 4.69) is 13.0 Å². The van der Waals surface area contributed by atoms with Crippen LogP contribution < -0.4 is 0 Å². The summed E-state index contributed by atoms with van der Waals surface area (Å²) in [7, 11) is 0. The molecule has 1 heterocycles. The third-order valence-electron chi connectivity index (χ3n) is 4.64. The van der Waals surface area contributed by atoms with Crippen LogP contribution in [0.25, 0.3) is 0 Å². The number of rotatable bonds is 2. The van der Waals surface area contributed by atoms with Gasteiger partial charge in [0, 0.05) is 6.61 Å². The first-order valence-corrected chi connectivity index (χ1v) is 6.37. The number of nitrogens with zero attached hydrogens (tertiary/aromatic N) is 1. The average molecular weight is 223 g/mol. The Morgan fingerprint density at radius 2 is 2.06 bits per heavy atom. The molecular formula is C13H21NO2. The molecule has 0 bridgehead atoms. The molecule has 0 amide bonds. The largest absolute Gasteiger partial charge is 0.388 e. The van der Waals surface area contributed by atoms with Crippen LogP contribution >= 0.6 is 0 Å². The first-order valence-electron chi connectivity index (χ1n) is 6.37. The maximum Gasteiger partial charge on any atom is 0.111 e. The van der Waals surface area contributed by atoms with E-state index in [9.17, 15) is 10.4 Å². The lowest BCUT2D eigenvalue weighted by Crippen LogP contribution is -2.50. The summed E-state index contributed by atoms with van der Waals surface area (Å²) in [6.45, 7) is 3.23. The fourth-order valence-electron chi connectivity index (χ4n) is 3.17. The first kappa shape index (κ1) is 11.9. The van der Waals surface area contributed by atoms with E-state index in [1.54, 1.807) is 0 Å². The van der Waals surface area contributed by atoms with Crippen molar-refractivity contribution in [1.82, 2.24) is 0 Å². The van der Waals surface area contributed by atoms with Crippen LogP contribution in [0.4, 0.5) is 0 Å². The van der Waals surface area contributed by atoms with Crippen LogP contribution in [0.3, 0.4) is 0 Å². The van der Waals surface area contributed by atoms with Crippen molar-refractivity contribution in [1.29, 1.82) is 5.26 Å². The lowest BCUT2D eigenvalue weighted by atomic mass is 9.63. The minimum Gasteiger partial charge on any atom is -0.388 e. The fraction of sp³-hybridized carbons (Fsp3) is 0.923. The minimum absolute atomic E-state index is 0.413. The molecule has 2 fully saturated rings. The summed E-state index contributed by atoms with van der Waals surface area (Å²) in [6, 6.07) is 2.35. The van der Waals surface area contributed by atoms with E-state index in [-0.39, 0.29) is 0 Å². The topological polar surface area (TPSA) is 53.2 Å². The first-order chi connectivity index (χ1) is 7.66. The molecule has 3 heteroatoms. The molecule has 0 aromatic heterocycles. The van der Waals surface area contributed by atoms with E-state index in [1.807, 2.05) is 0 Å². The summed E-state index contributed by atoms with van der Waals surface area (Å²) in [5, 5.41) is 20.1. The Morgan fingerprint density at radius 1 is 1.38 bits per heavy atom. The summed E-state index contributed by atoms with van der Waals surface area (Å²) in [5.41, 5.74) is -1.43. The van der Waals surface area contributed by atoms with Gasteiger partial charge in [0.2, 0.25) is 0 Å². The van der Waals surface area contributed by atoms with Gasteiger partial charge in [-0.3, -0.25) is 0 Å². The van der Waals surface area contributed by atoms with E-state index in [0.717, 1.165) is 31.6 Å². The molecule has 1 unspecified atom stereocenters. The Kier molecular flexibility index (Phi) is 3.23. The number of nitriles is 1. The third-order valence-corrected chi connectivity index (χ3v) is 4.64. The van der Waals surface area contributed by atoms with Gasteiger partial charge in [-0.1, -0.05) is 13.3 Å². The summed E-state index contributed by atoms with van der Waals surface area (Å²) in [4.78, 5) is 0. The van der Waals surface area contributed by atoms with Gasteiger partial charge in [-0.15, -0.1) is 0 Å². The van der Waals surface area contributed by atoms with Crippen molar-refractivity contribution in [2.75, 3.05) is 13.2 Å². The average Bonchev–Trinajstić information content (AvgIpc) is 2.80. The summed E-state index contributed by atoms with van der Waals surface area (Å²) >= 11 is 0. The fourth-order valence-corrected chi connectivity index (χ4v) is 3.17. The zero-order chi connectivity index (χ0) is 11.6. The van der Waals surface area contributed by atoms with Crippen LogP contribution in [0.2, 0.25) is 0 Å². The van der Waals surface area contributed by atoms with Gasteiger partial charge < -0.3 is 9.84 Å². The molecule has 90 valence electrons. The van der Waals surface area contributed by atoms with E-state index in [0.29, 0.717) is 19.6 Å². The monoisotopic (exact) mass is 223 g/mol. The molecule has 0 spiro atoms. The molecule has 16 heavy (non-hydrogen) atoms. The molecule has 1 N–H and O–H groups in total. The Labute approximate surface area is 97.4 Å². The molecule has 3 nitrogen and oxygen atoms in total. The zero-order valence-electron chi connectivity index (χ0n) is 10.0. The second-order valence-corrected chi connectivity index (χ2v) is 5.38. The van der Waals surface area contributed by atoms with Crippen molar-refractivity contribution < 1.29 is 9.84 Å². The predicted molar refractivity (Wildman–Crippen MR) is 60.7 cm³/mol. The van der Waals surface area contributed by atoms with Gasteiger partial charge in [-0.2, -0.15) is 5.26 Å². The highest BCUT2D eigenvalue weighted by molar-refractivity contribution is 5.14. The highest BCUT2D eigenvalue weighted by Crippen LogP contribution is 2.48. The predicted octanol–water partition coefficient (Wildman–Crippen LogP) is 2.25. The van der Waals surface area contributed by atoms with Gasteiger partial charge in [0.15, 0.2) is 0 Å². The van der Waals surface area contributed by atoms with Crippen molar-refractivity contribution in [2.45, 2.75) is 51.0 Å². The molecule has 2 rings (SSSR count). The molecule has 1 saturated heterocycles. The van der Waals surface area contributed by atoms with E-state index < -0.39 is 11.0 Å². The van der Waals surface area contributed by atoms with Crippen molar-refractivity contribution in [3.05, 3.63) is 0 Å².